The second-order valence-electron chi connectivity index (χ2n) is 4.18. The summed E-state index contributed by atoms with van der Waals surface area (Å²) < 4.78 is 0. The molecule has 2 rings (SSSR count). The lowest BCUT2D eigenvalue weighted by Crippen LogP contribution is -2.28. The van der Waals surface area contributed by atoms with Crippen LogP contribution in [0.3, 0.4) is 0 Å². The number of aromatic nitrogens is 3. The number of hydrogen-bond acceptors (Lipinski definition) is 5. The second kappa shape index (κ2) is 4.48. The number of nitrogens with zero attached hydrogens (tertiary/aromatic N) is 1. The third kappa shape index (κ3) is 2.48. The highest BCUT2D eigenvalue weighted by molar-refractivity contribution is 5.28. The lowest BCUT2D eigenvalue weighted by atomic mass is 10.1. The molecule has 0 radical (unpaired) electrons. The van der Waals surface area contributed by atoms with Crippen molar-refractivity contribution in [3.8, 4) is 0 Å². The Morgan fingerprint density at radius 3 is 2.88 bits per heavy atom. The van der Waals surface area contributed by atoms with Crippen LogP contribution in [0.1, 0.15) is 19.3 Å². The van der Waals surface area contributed by atoms with Crippen molar-refractivity contribution in [1.82, 2.24) is 15.2 Å². The van der Waals surface area contributed by atoms with Crippen LogP contribution in [0.2, 0.25) is 0 Å². The molecule has 1 fully saturated rings. The molecule has 2 unspecified atom stereocenters. The van der Waals surface area contributed by atoms with Gasteiger partial charge in [-0.1, -0.05) is 0 Å². The van der Waals surface area contributed by atoms with Crippen LogP contribution >= 0.6 is 0 Å². The van der Waals surface area contributed by atoms with E-state index in [2.05, 4.69) is 20.5 Å². The van der Waals surface area contributed by atoms with Crippen LogP contribution in [0.15, 0.2) is 9.59 Å². The molecular formula is C9H15N5O2. The lowest BCUT2D eigenvalue weighted by Gasteiger charge is -2.10. The molecule has 1 aromatic heterocycles. The third-order valence-corrected chi connectivity index (χ3v) is 2.85. The Labute approximate surface area is 91.5 Å². The minimum atomic E-state index is -0.599. The van der Waals surface area contributed by atoms with Crippen LogP contribution in [0.5, 0.6) is 0 Å². The van der Waals surface area contributed by atoms with Gasteiger partial charge in [0.15, 0.2) is 0 Å². The predicted molar refractivity (Wildman–Crippen MR) is 59.3 cm³/mol. The maximum Gasteiger partial charge on any atom is 0.342 e. The summed E-state index contributed by atoms with van der Waals surface area (Å²) in [6.45, 7) is 0.663. The van der Waals surface area contributed by atoms with E-state index in [9.17, 15) is 9.59 Å². The first-order chi connectivity index (χ1) is 7.65. The molecular weight excluding hydrogens is 210 g/mol. The van der Waals surface area contributed by atoms with E-state index in [0.717, 1.165) is 19.3 Å². The van der Waals surface area contributed by atoms with E-state index in [1.807, 2.05) is 0 Å². The van der Waals surface area contributed by atoms with E-state index in [1.54, 1.807) is 0 Å². The number of nitrogens with one attached hydrogen (secondary N) is 3. The molecule has 16 heavy (non-hydrogen) atoms. The predicted octanol–water partition coefficient (Wildman–Crippen LogP) is -1.00. The number of anilines is 1. The first-order valence-electron chi connectivity index (χ1n) is 5.33. The van der Waals surface area contributed by atoms with Gasteiger partial charge in [-0.3, -0.25) is 9.78 Å². The molecule has 0 aromatic carbocycles. The zero-order valence-electron chi connectivity index (χ0n) is 8.82. The summed E-state index contributed by atoms with van der Waals surface area (Å²) in [7, 11) is 0. The standard InChI is InChI=1S/C9H15N5O2/c10-6-2-1-5(3-6)4-11-7-8(15)12-9(16)14-13-7/h5-6H,1-4,10H2,(H,11,13)(H2,12,14,15,16). The second-order valence-corrected chi connectivity index (χ2v) is 4.18. The molecule has 1 aliphatic rings. The Balaban J connectivity index is 1.95. The van der Waals surface area contributed by atoms with Gasteiger partial charge in [0, 0.05) is 12.6 Å². The summed E-state index contributed by atoms with van der Waals surface area (Å²) in [4.78, 5) is 24.1. The van der Waals surface area contributed by atoms with Crippen LogP contribution in [-0.2, 0) is 0 Å². The van der Waals surface area contributed by atoms with Gasteiger partial charge in [-0.2, -0.15) is 0 Å². The van der Waals surface area contributed by atoms with Crippen molar-refractivity contribution in [2.24, 2.45) is 11.7 Å². The fourth-order valence-corrected chi connectivity index (χ4v) is 2.01. The van der Waals surface area contributed by atoms with E-state index in [-0.39, 0.29) is 11.9 Å². The third-order valence-electron chi connectivity index (χ3n) is 2.85. The number of nitrogens with two attached hydrogens (primary N) is 1. The zero-order valence-corrected chi connectivity index (χ0v) is 8.82. The summed E-state index contributed by atoms with van der Waals surface area (Å²) in [5, 5.41) is 8.73. The minimum Gasteiger partial charge on any atom is -0.364 e. The Morgan fingerprint density at radius 1 is 1.44 bits per heavy atom. The Kier molecular flexibility index (Phi) is 3.04. The number of aromatic amines is 2. The van der Waals surface area contributed by atoms with Gasteiger partial charge < -0.3 is 11.1 Å². The molecule has 1 aromatic rings. The summed E-state index contributed by atoms with van der Waals surface area (Å²) in [5.41, 5.74) is 4.69. The smallest absolute Gasteiger partial charge is 0.342 e. The molecule has 0 saturated heterocycles. The van der Waals surface area contributed by atoms with Crippen molar-refractivity contribution < 1.29 is 0 Å². The molecule has 0 spiro atoms. The Morgan fingerprint density at radius 2 is 2.25 bits per heavy atom. The first-order valence-corrected chi connectivity index (χ1v) is 5.33. The Hall–Kier alpha value is -1.63. The van der Waals surface area contributed by atoms with Crippen LogP contribution in [0.4, 0.5) is 5.82 Å². The van der Waals surface area contributed by atoms with Gasteiger partial charge in [-0.25, -0.2) is 9.89 Å². The summed E-state index contributed by atoms with van der Waals surface area (Å²) in [5.74, 6) is 0.628. The summed E-state index contributed by atoms with van der Waals surface area (Å²) in [6.07, 6.45) is 3.06. The molecule has 5 N–H and O–H groups in total. The van der Waals surface area contributed by atoms with Gasteiger partial charge in [0.2, 0.25) is 5.82 Å². The van der Waals surface area contributed by atoms with Gasteiger partial charge in [-0.15, -0.1) is 5.10 Å². The molecule has 0 aliphatic heterocycles. The SMILES string of the molecule is NC1CCC(CNc2n[nH]c(=O)[nH]c2=O)C1. The molecule has 7 heteroatoms. The number of rotatable bonds is 3. The van der Waals surface area contributed by atoms with Crippen molar-refractivity contribution in [2.75, 3.05) is 11.9 Å². The average Bonchev–Trinajstić information content (AvgIpc) is 2.63. The topological polar surface area (TPSA) is 117 Å². The van der Waals surface area contributed by atoms with Gasteiger partial charge in [-0.05, 0) is 25.2 Å². The van der Waals surface area contributed by atoms with Crippen LogP contribution in [0.25, 0.3) is 0 Å². The van der Waals surface area contributed by atoms with Gasteiger partial charge >= 0.3 is 5.69 Å². The largest absolute Gasteiger partial charge is 0.364 e. The monoisotopic (exact) mass is 225 g/mol. The molecule has 1 aliphatic carbocycles. The van der Waals surface area contributed by atoms with Crippen molar-refractivity contribution in [2.45, 2.75) is 25.3 Å². The molecule has 1 saturated carbocycles. The lowest BCUT2D eigenvalue weighted by molar-refractivity contribution is 0.563. The Bertz CT molecular complexity index is 465. The molecule has 7 nitrogen and oxygen atoms in total. The highest BCUT2D eigenvalue weighted by atomic mass is 16.2. The number of hydrogen-bond donors (Lipinski definition) is 4. The highest BCUT2D eigenvalue weighted by Crippen LogP contribution is 2.23. The molecule has 2 atom stereocenters. The summed E-state index contributed by atoms with van der Waals surface area (Å²) >= 11 is 0. The summed E-state index contributed by atoms with van der Waals surface area (Å²) in [6, 6.07) is 0.272. The molecule has 1 heterocycles. The van der Waals surface area contributed by atoms with E-state index < -0.39 is 11.2 Å². The van der Waals surface area contributed by atoms with Crippen LogP contribution in [0, 0.1) is 5.92 Å². The van der Waals surface area contributed by atoms with Crippen molar-refractivity contribution in [1.29, 1.82) is 0 Å². The van der Waals surface area contributed by atoms with Gasteiger partial charge in [0.05, 0.1) is 0 Å². The van der Waals surface area contributed by atoms with Gasteiger partial charge in [0.1, 0.15) is 0 Å². The maximum absolute atomic E-state index is 11.3. The fraction of sp³-hybridized carbons (Fsp3) is 0.667. The van der Waals surface area contributed by atoms with Crippen molar-refractivity contribution in [3.63, 3.8) is 0 Å². The fourth-order valence-electron chi connectivity index (χ4n) is 2.01. The molecule has 88 valence electrons. The van der Waals surface area contributed by atoms with E-state index in [4.69, 9.17) is 5.73 Å². The van der Waals surface area contributed by atoms with Crippen molar-refractivity contribution in [3.05, 3.63) is 20.8 Å². The quantitative estimate of drug-likeness (QED) is 0.526. The highest BCUT2D eigenvalue weighted by Gasteiger charge is 2.21. The first kappa shape index (κ1) is 10.9. The maximum atomic E-state index is 11.3. The normalized spacial score (nSPS) is 24.6. The van der Waals surface area contributed by atoms with Crippen molar-refractivity contribution >= 4 is 5.82 Å². The van der Waals surface area contributed by atoms with Crippen LogP contribution < -0.4 is 22.3 Å². The van der Waals surface area contributed by atoms with Crippen LogP contribution in [-0.4, -0.2) is 27.8 Å². The average molecular weight is 225 g/mol. The van der Waals surface area contributed by atoms with E-state index in [0.29, 0.717) is 12.5 Å². The van der Waals surface area contributed by atoms with Gasteiger partial charge in [0.25, 0.3) is 5.56 Å². The number of H-pyrrole nitrogens is 2. The zero-order chi connectivity index (χ0) is 11.5. The van der Waals surface area contributed by atoms with E-state index in [1.165, 1.54) is 0 Å². The molecule has 0 amide bonds. The van der Waals surface area contributed by atoms with E-state index >= 15 is 0 Å². The molecule has 0 bridgehead atoms. The minimum absolute atomic E-state index is 0.153.